The first-order valence-corrected chi connectivity index (χ1v) is 5.49. The summed E-state index contributed by atoms with van der Waals surface area (Å²) in [6.07, 6.45) is -4.32. The zero-order chi connectivity index (χ0) is 12.8. The van der Waals surface area contributed by atoms with Crippen LogP contribution in [0.25, 0.3) is 0 Å². The van der Waals surface area contributed by atoms with Gasteiger partial charge in [0.05, 0.1) is 5.56 Å². The largest absolute Gasteiger partial charge is 0.416 e. The van der Waals surface area contributed by atoms with E-state index < -0.39 is 11.7 Å². The molecule has 1 aliphatic rings. The summed E-state index contributed by atoms with van der Waals surface area (Å²) >= 11 is 0. The lowest BCUT2D eigenvalue weighted by molar-refractivity contribution is -0.138. The van der Waals surface area contributed by atoms with Gasteiger partial charge in [-0.05, 0) is 24.6 Å². The Morgan fingerprint density at radius 3 is 2.59 bits per heavy atom. The molecule has 2 atom stereocenters. The lowest BCUT2D eigenvalue weighted by Gasteiger charge is -2.19. The minimum atomic E-state index is -4.32. The van der Waals surface area contributed by atoms with Crippen LogP contribution in [0, 0.1) is 0 Å². The standard InChI is InChI=1S/C12H15F3N2/c1-7(16)8-6-17(2)10-5-3-4-9(11(8)10)12(13,14)15/h3-5,7-8H,6,16H2,1-2H3. The first kappa shape index (κ1) is 12.2. The molecule has 1 aliphatic heterocycles. The second kappa shape index (κ2) is 3.91. The van der Waals surface area contributed by atoms with Gasteiger partial charge in [0.15, 0.2) is 0 Å². The van der Waals surface area contributed by atoms with E-state index in [0.29, 0.717) is 17.8 Å². The molecule has 94 valence electrons. The summed E-state index contributed by atoms with van der Waals surface area (Å²) < 4.78 is 38.8. The predicted octanol–water partition coefficient (Wildman–Crippen LogP) is 2.59. The van der Waals surface area contributed by atoms with E-state index in [0.717, 1.165) is 6.07 Å². The van der Waals surface area contributed by atoms with E-state index in [1.807, 2.05) is 4.90 Å². The number of nitrogens with zero attached hydrogens (tertiary/aromatic N) is 1. The van der Waals surface area contributed by atoms with E-state index >= 15 is 0 Å². The van der Waals surface area contributed by atoms with Gasteiger partial charge in [0.25, 0.3) is 0 Å². The Balaban J connectivity index is 2.60. The quantitative estimate of drug-likeness (QED) is 0.822. The summed E-state index contributed by atoms with van der Waals surface area (Å²) in [6.45, 7) is 2.29. The van der Waals surface area contributed by atoms with Crippen molar-refractivity contribution in [2.45, 2.75) is 25.1 Å². The third kappa shape index (κ3) is 1.99. The van der Waals surface area contributed by atoms with Crippen LogP contribution in [-0.2, 0) is 6.18 Å². The average molecular weight is 244 g/mol. The zero-order valence-electron chi connectivity index (χ0n) is 9.75. The molecule has 0 radical (unpaired) electrons. The second-order valence-corrected chi connectivity index (χ2v) is 4.58. The van der Waals surface area contributed by atoms with Crippen molar-refractivity contribution in [3.8, 4) is 0 Å². The van der Waals surface area contributed by atoms with E-state index in [-0.39, 0.29) is 12.0 Å². The number of fused-ring (bicyclic) bond motifs is 1. The van der Waals surface area contributed by atoms with Crippen molar-refractivity contribution in [3.63, 3.8) is 0 Å². The maximum Gasteiger partial charge on any atom is 0.416 e. The molecule has 1 aromatic rings. The Bertz CT molecular complexity index is 426. The van der Waals surface area contributed by atoms with Crippen molar-refractivity contribution in [2.75, 3.05) is 18.5 Å². The molecule has 0 aromatic heterocycles. The highest BCUT2D eigenvalue weighted by molar-refractivity contribution is 5.63. The fourth-order valence-corrected chi connectivity index (χ4v) is 2.44. The SMILES string of the molecule is CC(N)C1CN(C)c2cccc(C(F)(F)F)c21. The normalized spacial score (nSPS) is 21.5. The molecule has 2 nitrogen and oxygen atoms in total. The minimum absolute atomic E-state index is 0.257. The fourth-order valence-electron chi connectivity index (χ4n) is 2.44. The van der Waals surface area contributed by atoms with Crippen LogP contribution in [0.2, 0.25) is 0 Å². The first-order valence-electron chi connectivity index (χ1n) is 5.49. The summed E-state index contributed by atoms with van der Waals surface area (Å²) in [5, 5.41) is 0. The van der Waals surface area contributed by atoms with E-state index in [1.165, 1.54) is 6.07 Å². The molecule has 0 bridgehead atoms. The molecule has 0 saturated carbocycles. The summed E-state index contributed by atoms with van der Waals surface area (Å²) in [6, 6.07) is 4.00. The highest BCUT2D eigenvalue weighted by Crippen LogP contribution is 2.44. The van der Waals surface area contributed by atoms with Gasteiger partial charge in [0.2, 0.25) is 0 Å². The van der Waals surface area contributed by atoms with Crippen LogP contribution in [0.3, 0.4) is 0 Å². The molecular weight excluding hydrogens is 229 g/mol. The lowest BCUT2D eigenvalue weighted by Crippen LogP contribution is -2.29. The van der Waals surface area contributed by atoms with Gasteiger partial charge in [-0.15, -0.1) is 0 Å². The van der Waals surface area contributed by atoms with Gasteiger partial charge in [-0.25, -0.2) is 0 Å². The van der Waals surface area contributed by atoms with Crippen molar-refractivity contribution < 1.29 is 13.2 Å². The molecule has 0 amide bonds. The van der Waals surface area contributed by atoms with Crippen molar-refractivity contribution in [2.24, 2.45) is 5.73 Å². The molecule has 5 heteroatoms. The maximum atomic E-state index is 12.9. The Labute approximate surface area is 98.2 Å². The highest BCUT2D eigenvalue weighted by atomic mass is 19.4. The van der Waals surface area contributed by atoms with E-state index in [2.05, 4.69) is 0 Å². The lowest BCUT2D eigenvalue weighted by atomic mass is 9.91. The second-order valence-electron chi connectivity index (χ2n) is 4.58. The molecule has 1 aromatic carbocycles. The summed E-state index contributed by atoms with van der Waals surface area (Å²) in [5.74, 6) is -0.257. The number of halogens is 3. The number of hydrogen-bond acceptors (Lipinski definition) is 2. The van der Waals surface area contributed by atoms with Crippen molar-refractivity contribution in [1.82, 2.24) is 0 Å². The van der Waals surface area contributed by atoms with Gasteiger partial charge < -0.3 is 10.6 Å². The minimum Gasteiger partial charge on any atom is -0.374 e. The third-order valence-electron chi connectivity index (χ3n) is 3.28. The van der Waals surface area contributed by atoms with Crippen LogP contribution < -0.4 is 10.6 Å². The first-order chi connectivity index (χ1) is 7.82. The topological polar surface area (TPSA) is 29.3 Å². The van der Waals surface area contributed by atoms with Crippen molar-refractivity contribution >= 4 is 5.69 Å². The monoisotopic (exact) mass is 244 g/mol. The maximum absolute atomic E-state index is 12.9. The van der Waals surface area contributed by atoms with Crippen LogP contribution >= 0.6 is 0 Å². The fraction of sp³-hybridized carbons (Fsp3) is 0.500. The van der Waals surface area contributed by atoms with Gasteiger partial charge in [-0.2, -0.15) is 13.2 Å². The predicted molar refractivity (Wildman–Crippen MR) is 61.1 cm³/mol. The average Bonchev–Trinajstić information content (AvgIpc) is 2.55. The third-order valence-corrected chi connectivity index (χ3v) is 3.28. The molecule has 1 heterocycles. The summed E-state index contributed by atoms with van der Waals surface area (Å²) in [7, 11) is 1.79. The smallest absolute Gasteiger partial charge is 0.374 e. The number of alkyl halides is 3. The van der Waals surface area contributed by atoms with Crippen LogP contribution in [0.4, 0.5) is 18.9 Å². The zero-order valence-corrected chi connectivity index (χ0v) is 9.75. The number of hydrogen-bond donors (Lipinski definition) is 1. The van der Waals surface area contributed by atoms with E-state index in [9.17, 15) is 13.2 Å². The molecule has 0 aliphatic carbocycles. The van der Waals surface area contributed by atoms with Gasteiger partial charge in [0.1, 0.15) is 0 Å². The van der Waals surface area contributed by atoms with Gasteiger partial charge in [0, 0.05) is 31.2 Å². The molecule has 2 N–H and O–H groups in total. The number of benzene rings is 1. The molecule has 0 spiro atoms. The Kier molecular flexibility index (Phi) is 2.81. The molecule has 2 rings (SSSR count). The van der Waals surface area contributed by atoms with E-state index in [1.54, 1.807) is 20.0 Å². The van der Waals surface area contributed by atoms with Crippen LogP contribution in [0.15, 0.2) is 18.2 Å². The molecule has 0 saturated heterocycles. The Morgan fingerprint density at radius 2 is 2.06 bits per heavy atom. The molecule has 2 unspecified atom stereocenters. The van der Waals surface area contributed by atoms with E-state index in [4.69, 9.17) is 5.73 Å². The number of anilines is 1. The summed E-state index contributed by atoms with van der Waals surface area (Å²) in [4.78, 5) is 1.83. The van der Waals surface area contributed by atoms with Gasteiger partial charge in [-0.3, -0.25) is 0 Å². The van der Waals surface area contributed by atoms with Crippen LogP contribution in [0.1, 0.15) is 24.0 Å². The number of nitrogens with two attached hydrogens (primary N) is 1. The molecule has 0 fully saturated rings. The number of rotatable bonds is 1. The van der Waals surface area contributed by atoms with Crippen molar-refractivity contribution in [3.05, 3.63) is 29.3 Å². The Hall–Kier alpha value is -1.23. The van der Waals surface area contributed by atoms with Gasteiger partial charge in [-0.1, -0.05) is 6.07 Å². The highest BCUT2D eigenvalue weighted by Gasteiger charge is 2.40. The van der Waals surface area contributed by atoms with Crippen LogP contribution in [0.5, 0.6) is 0 Å². The molecular formula is C12H15F3N2. The summed E-state index contributed by atoms with van der Waals surface area (Å²) in [5.41, 5.74) is 6.22. The number of likely N-dealkylation sites (N-methyl/N-ethyl adjacent to an activating group) is 1. The Morgan fingerprint density at radius 1 is 1.41 bits per heavy atom. The molecule has 17 heavy (non-hydrogen) atoms. The van der Waals surface area contributed by atoms with Gasteiger partial charge >= 0.3 is 6.18 Å². The van der Waals surface area contributed by atoms with Crippen molar-refractivity contribution in [1.29, 1.82) is 0 Å². The van der Waals surface area contributed by atoms with Crippen LogP contribution in [-0.4, -0.2) is 19.6 Å².